The monoisotopic (exact) mass is 284 g/mol. The summed E-state index contributed by atoms with van der Waals surface area (Å²) in [6.07, 6.45) is 0. The average Bonchev–Trinajstić information content (AvgIpc) is 2.81. The van der Waals surface area contributed by atoms with Crippen molar-refractivity contribution in [1.29, 1.82) is 0 Å². The van der Waals surface area contributed by atoms with Crippen LogP contribution in [0.3, 0.4) is 0 Å². The van der Waals surface area contributed by atoms with Gasteiger partial charge in [-0.15, -0.1) is 0 Å². The van der Waals surface area contributed by atoms with Crippen molar-refractivity contribution in [2.75, 3.05) is 33.4 Å². The van der Waals surface area contributed by atoms with Gasteiger partial charge in [-0.05, 0) is 17.7 Å². The molecule has 0 radical (unpaired) electrons. The molecule has 1 aromatic rings. The first-order chi connectivity index (χ1) is 9.11. The van der Waals surface area contributed by atoms with Gasteiger partial charge in [-0.25, -0.2) is 0 Å². The third kappa shape index (κ3) is 3.43. The van der Waals surface area contributed by atoms with Crippen LogP contribution < -0.4 is 0 Å². The summed E-state index contributed by atoms with van der Waals surface area (Å²) in [5, 5.41) is 11.8. The summed E-state index contributed by atoms with van der Waals surface area (Å²) in [6.45, 7) is 2.49. The Labute approximate surface area is 117 Å². The first-order valence-electron chi connectivity index (χ1n) is 6.22. The normalized spacial score (nSPS) is 23.7. The van der Waals surface area contributed by atoms with Crippen LogP contribution in [0.2, 0.25) is 5.02 Å². The van der Waals surface area contributed by atoms with Crippen molar-refractivity contribution in [3.05, 3.63) is 45.0 Å². The number of hydrogen-bond acceptors (Lipinski definition) is 4. The Balaban J connectivity index is 2.12. The van der Waals surface area contributed by atoms with Crippen molar-refractivity contribution in [3.63, 3.8) is 0 Å². The molecule has 0 bridgehead atoms. The van der Waals surface area contributed by atoms with Gasteiger partial charge in [-0.3, -0.25) is 15.0 Å². The Hall–Kier alpha value is -1.17. The van der Waals surface area contributed by atoms with Gasteiger partial charge in [0.15, 0.2) is 0 Å². The van der Waals surface area contributed by atoms with Crippen molar-refractivity contribution in [1.82, 2.24) is 4.90 Å². The van der Waals surface area contributed by atoms with Gasteiger partial charge in [0.05, 0.1) is 19.1 Å². The molecule has 1 fully saturated rings. The predicted molar refractivity (Wildman–Crippen MR) is 73.3 cm³/mol. The molecule has 1 aliphatic heterocycles. The van der Waals surface area contributed by atoms with Gasteiger partial charge < -0.3 is 4.74 Å². The molecule has 1 aromatic carbocycles. The minimum Gasteiger partial charge on any atom is -0.383 e. The maximum Gasteiger partial charge on any atom is 0.233 e. The Morgan fingerprint density at radius 2 is 2.11 bits per heavy atom. The fourth-order valence-corrected chi connectivity index (χ4v) is 2.65. The minimum atomic E-state index is -0.557. The highest BCUT2D eigenvalue weighted by Crippen LogP contribution is 2.30. The van der Waals surface area contributed by atoms with Gasteiger partial charge in [0.2, 0.25) is 6.04 Å². The number of rotatable bonds is 5. The first kappa shape index (κ1) is 14.2. The summed E-state index contributed by atoms with van der Waals surface area (Å²) in [7, 11) is 1.64. The molecule has 0 N–H and O–H groups in total. The number of halogens is 1. The molecule has 6 heteroatoms. The zero-order valence-corrected chi connectivity index (χ0v) is 11.5. The third-order valence-electron chi connectivity index (χ3n) is 3.55. The van der Waals surface area contributed by atoms with Crippen LogP contribution in [0.5, 0.6) is 0 Å². The number of benzene rings is 1. The highest BCUT2D eigenvalue weighted by Gasteiger charge is 2.41. The lowest BCUT2D eigenvalue weighted by atomic mass is 9.95. The molecule has 0 saturated carbocycles. The van der Waals surface area contributed by atoms with E-state index in [1.165, 1.54) is 0 Å². The maximum absolute atomic E-state index is 11.2. The summed E-state index contributed by atoms with van der Waals surface area (Å²) >= 11 is 5.85. The lowest BCUT2D eigenvalue weighted by Crippen LogP contribution is -2.29. The zero-order valence-electron chi connectivity index (χ0n) is 10.8. The van der Waals surface area contributed by atoms with Crippen LogP contribution in [0.4, 0.5) is 0 Å². The Morgan fingerprint density at radius 3 is 2.68 bits per heavy atom. The summed E-state index contributed by atoms with van der Waals surface area (Å²) < 4.78 is 5.03. The molecule has 0 unspecified atom stereocenters. The number of likely N-dealkylation sites (tertiary alicyclic amines) is 1. The van der Waals surface area contributed by atoms with Gasteiger partial charge >= 0.3 is 0 Å². The number of ether oxygens (including phenoxy) is 1. The molecule has 2 rings (SSSR count). The van der Waals surface area contributed by atoms with Crippen LogP contribution in [0.15, 0.2) is 24.3 Å². The van der Waals surface area contributed by atoms with Crippen molar-refractivity contribution in [2.45, 2.75) is 12.0 Å². The Bertz CT molecular complexity index is 438. The van der Waals surface area contributed by atoms with Crippen LogP contribution in [0.1, 0.15) is 11.5 Å². The average molecular weight is 285 g/mol. The highest BCUT2D eigenvalue weighted by molar-refractivity contribution is 6.30. The molecule has 1 heterocycles. The highest BCUT2D eigenvalue weighted by atomic mass is 35.5. The second kappa shape index (κ2) is 6.32. The van der Waals surface area contributed by atoms with Gasteiger partial charge in [0.1, 0.15) is 0 Å². The smallest absolute Gasteiger partial charge is 0.233 e. The van der Waals surface area contributed by atoms with E-state index in [1.54, 1.807) is 19.2 Å². The minimum absolute atomic E-state index is 0.0795. The van der Waals surface area contributed by atoms with Crippen molar-refractivity contribution in [2.24, 2.45) is 0 Å². The van der Waals surface area contributed by atoms with E-state index in [0.29, 0.717) is 24.7 Å². The van der Waals surface area contributed by atoms with Crippen molar-refractivity contribution in [3.8, 4) is 0 Å². The summed E-state index contributed by atoms with van der Waals surface area (Å²) in [4.78, 5) is 13.1. The van der Waals surface area contributed by atoms with Gasteiger partial charge in [-0.2, -0.15) is 0 Å². The van der Waals surface area contributed by atoms with E-state index in [1.807, 2.05) is 12.1 Å². The molecule has 1 saturated heterocycles. The zero-order chi connectivity index (χ0) is 13.8. The van der Waals surface area contributed by atoms with Gasteiger partial charge in [0, 0.05) is 30.1 Å². The predicted octanol–water partition coefficient (Wildman–Crippen LogP) is 2.03. The van der Waals surface area contributed by atoms with Crippen LogP contribution in [-0.4, -0.2) is 49.2 Å². The third-order valence-corrected chi connectivity index (χ3v) is 3.80. The quantitative estimate of drug-likeness (QED) is 0.613. The standard InChI is InChI=1S/C13H17ClN2O3/c1-19-7-6-15-8-12(13(9-15)16(17)18)10-2-4-11(14)5-3-10/h2-5,12-13H,6-9H2,1H3/t12-,13+/m1/s1. The fourth-order valence-electron chi connectivity index (χ4n) is 2.52. The summed E-state index contributed by atoms with van der Waals surface area (Å²) in [5.74, 6) is -0.0795. The Kier molecular flexibility index (Phi) is 4.74. The molecular formula is C13H17ClN2O3. The molecular weight excluding hydrogens is 268 g/mol. The second-order valence-electron chi connectivity index (χ2n) is 4.76. The number of nitro groups is 1. The van der Waals surface area contributed by atoms with Gasteiger partial charge in [0.25, 0.3) is 0 Å². The van der Waals surface area contributed by atoms with Crippen molar-refractivity contribution < 1.29 is 9.66 Å². The van der Waals surface area contributed by atoms with E-state index < -0.39 is 6.04 Å². The molecule has 0 aliphatic carbocycles. The maximum atomic E-state index is 11.2. The molecule has 2 atom stereocenters. The fraction of sp³-hybridized carbons (Fsp3) is 0.538. The van der Waals surface area contributed by atoms with Crippen LogP contribution >= 0.6 is 11.6 Å². The van der Waals surface area contributed by atoms with E-state index in [9.17, 15) is 10.1 Å². The SMILES string of the molecule is COCCN1C[C@H](c2ccc(Cl)cc2)[C@@H]([N+](=O)[O-])C1. The van der Waals surface area contributed by atoms with E-state index >= 15 is 0 Å². The van der Waals surface area contributed by atoms with Crippen LogP contribution in [0.25, 0.3) is 0 Å². The van der Waals surface area contributed by atoms with E-state index in [2.05, 4.69) is 4.90 Å². The van der Waals surface area contributed by atoms with E-state index in [4.69, 9.17) is 16.3 Å². The van der Waals surface area contributed by atoms with Crippen LogP contribution in [0, 0.1) is 10.1 Å². The van der Waals surface area contributed by atoms with Crippen LogP contribution in [-0.2, 0) is 4.74 Å². The molecule has 104 valence electrons. The summed E-state index contributed by atoms with van der Waals surface area (Å²) in [5.41, 5.74) is 0.978. The lowest BCUT2D eigenvalue weighted by Gasteiger charge is -2.14. The number of hydrogen-bond donors (Lipinski definition) is 0. The second-order valence-corrected chi connectivity index (χ2v) is 5.20. The number of nitrogens with zero attached hydrogens (tertiary/aromatic N) is 2. The molecule has 0 aromatic heterocycles. The lowest BCUT2D eigenvalue weighted by molar-refractivity contribution is -0.521. The van der Waals surface area contributed by atoms with Gasteiger partial charge in [-0.1, -0.05) is 23.7 Å². The number of methoxy groups -OCH3 is 1. The molecule has 19 heavy (non-hydrogen) atoms. The first-order valence-corrected chi connectivity index (χ1v) is 6.60. The van der Waals surface area contributed by atoms with E-state index in [-0.39, 0.29) is 10.8 Å². The molecule has 0 spiro atoms. The molecule has 0 amide bonds. The van der Waals surface area contributed by atoms with Crippen molar-refractivity contribution >= 4 is 11.6 Å². The molecule has 5 nitrogen and oxygen atoms in total. The molecule has 1 aliphatic rings. The topological polar surface area (TPSA) is 55.6 Å². The summed E-state index contributed by atoms with van der Waals surface area (Å²) in [6, 6.07) is 6.77. The Morgan fingerprint density at radius 1 is 1.42 bits per heavy atom. The van der Waals surface area contributed by atoms with E-state index in [0.717, 1.165) is 12.1 Å². The largest absolute Gasteiger partial charge is 0.383 e.